The van der Waals surface area contributed by atoms with E-state index in [9.17, 15) is 5.11 Å². The highest BCUT2D eigenvalue weighted by Gasteiger charge is 2.43. The van der Waals surface area contributed by atoms with Crippen LogP contribution in [0, 0.1) is 0 Å². The summed E-state index contributed by atoms with van der Waals surface area (Å²) in [4.78, 5) is 11.4. The van der Waals surface area contributed by atoms with Crippen molar-refractivity contribution in [3.8, 4) is 0 Å². The topological polar surface area (TPSA) is 61.3 Å². The van der Waals surface area contributed by atoms with Gasteiger partial charge in [-0.15, -0.1) is 0 Å². The fraction of sp³-hybridized carbons (Fsp3) is 0.750. The zero-order valence-corrected chi connectivity index (χ0v) is 12.5. The molecule has 4 rings (SSSR count). The minimum absolute atomic E-state index is 0.134. The number of anilines is 1. The van der Waals surface area contributed by atoms with Crippen molar-refractivity contribution in [2.75, 3.05) is 25.0 Å². The van der Waals surface area contributed by atoms with Gasteiger partial charge in [0, 0.05) is 29.8 Å². The zero-order chi connectivity index (χ0) is 14.3. The molecule has 2 aliphatic heterocycles. The fourth-order valence-corrected chi connectivity index (χ4v) is 4.29. The van der Waals surface area contributed by atoms with Gasteiger partial charge in [-0.05, 0) is 51.6 Å². The smallest absolute Gasteiger partial charge is 0.129 e. The van der Waals surface area contributed by atoms with E-state index in [4.69, 9.17) is 0 Å². The lowest BCUT2D eigenvalue weighted by Gasteiger charge is -2.33. The van der Waals surface area contributed by atoms with Crippen molar-refractivity contribution in [1.29, 1.82) is 0 Å². The molecule has 0 bridgehead atoms. The molecular weight excluding hydrogens is 264 g/mol. The van der Waals surface area contributed by atoms with Crippen molar-refractivity contribution in [2.24, 2.45) is 0 Å². The summed E-state index contributed by atoms with van der Waals surface area (Å²) in [5, 5.41) is 13.0. The van der Waals surface area contributed by atoms with E-state index < -0.39 is 0 Å². The quantitative estimate of drug-likeness (QED) is 0.884. The van der Waals surface area contributed by atoms with Crippen molar-refractivity contribution in [1.82, 2.24) is 14.9 Å². The number of hydrogen-bond donors (Lipinski definition) is 2. The molecule has 3 fully saturated rings. The van der Waals surface area contributed by atoms with Gasteiger partial charge in [-0.25, -0.2) is 9.97 Å². The second kappa shape index (κ2) is 5.21. The molecule has 0 aromatic carbocycles. The third-order valence-corrected chi connectivity index (χ3v) is 5.63. The van der Waals surface area contributed by atoms with Crippen molar-refractivity contribution in [2.45, 2.75) is 56.1 Å². The van der Waals surface area contributed by atoms with E-state index in [1.165, 1.54) is 38.8 Å². The zero-order valence-electron chi connectivity index (χ0n) is 12.5. The maximum atomic E-state index is 9.43. The van der Waals surface area contributed by atoms with E-state index in [2.05, 4.69) is 26.3 Å². The lowest BCUT2D eigenvalue weighted by atomic mass is 9.80. The summed E-state index contributed by atoms with van der Waals surface area (Å²) >= 11 is 0. The molecule has 5 nitrogen and oxygen atoms in total. The Kier molecular flexibility index (Phi) is 3.34. The molecule has 2 N–H and O–H groups in total. The Morgan fingerprint density at radius 2 is 2.00 bits per heavy atom. The number of hydrogen-bond acceptors (Lipinski definition) is 5. The second-order valence-corrected chi connectivity index (χ2v) is 6.92. The molecule has 21 heavy (non-hydrogen) atoms. The first-order chi connectivity index (χ1) is 10.3. The fourth-order valence-electron chi connectivity index (χ4n) is 4.29. The first-order valence-corrected chi connectivity index (χ1v) is 8.24. The summed E-state index contributed by atoms with van der Waals surface area (Å²) in [6.45, 7) is 3.52. The number of fused-ring (bicyclic) bond motifs is 1. The van der Waals surface area contributed by atoms with Gasteiger partial charge in [0.15, 0.2) is 0 Å². The number of aliphatic hydroxyl groups is 1. The van der Waals surface area contributed by atoms with E-state index in [-0.39, 0.29) is 6.10 Å². The molecule has 1 aromatic rings. The molecular formula is C16H24N4O. The van der Waals surface area contributed by atoms with E-state index in [1.807, 2.05) is 0 Å². The second-order valence-electron chi connectivity index (χ2n) is 6.92. The summed E-state index contributed by atoms with van der Waals surface area (Å²) in [5.41, 5.74) is 1.45. The summed E-state index contributed by atoms with van der Waals surface area (Å²) < 4.78 is 0. The van der Waals surface area contributed by atoms with Gasteiger partial charge in [0.05, 0.1) is 6.10 Å². The number of nitrogens with one attached hydrogen (secondary N) is 1. The maximum Gasteiger partial charge on any atom is 0.129 e. The van der Waals surface area contributed by atoms with Crippen LogP contribution in [-0.4, -0.2) is 51.3 Å². The molecule has 3 heterocycles. The number of aliphatic hydroxyl groups excluding tert-OH is 1. The van der Waals surface area contributed by atoms with Crippen LogP contribution in [0.1, 0.15) is 50.1 Å². The van der Waals surface area contributed by atoms with E-state index in [1.54, 1.807) is 6.33 Å². The molecule has 0 unspecified atom stereocenters. The summed E-state index contributed by atoms with van der Waals surface area (Å²) in [5.74, 6) is 1.35. The summed E-state index contributed by atoms with van der Waals surface area (Å²) in [6, 6.07) is 2.07. The van der Waals surface area contributed by atoms with Crippen LogP contribution >= 0.6 is 0 Å². The highest BCUT2D eigenvalue weighted by molar-refractivity contribution is 5.37. The predicted molar refractivity (Wildman–Crippen MR) is 81.3 cm³/mol. The molecule has 0 atom stereocenters. The van der Waals surface area contributed by atoms with Crippen LogP contribution in [-0.2, 0) is 0 Å². The van der Waals surface area contributed by atoms with E-state index in [0.717, 1.165) is 30.9 Å². The average molecular weight is 288 g/mol. The third-order valence-electron chi connectivity index (χ3n) is 5.63. The van der Waals surface area contributed by atoms with Crippen molar-refractivity contribution in [3.63, 3.8) is 0 Å². The molecule has 1 aromatic heterocycles. The Labute approximate surface area is 125 Å². The summed E-state index contributed by atoms with van der Waals surface area (Å²) in [7, 11) is 0. The molecule has 0 radical (unpaired) electrons. The van der Waals surface area contributed by atoms with Gasteiger partial charge >= 0.3 is 0 Å². The van der Waals surface area contributed by atoms with Gasteiger partial charge in [-0.3, -0.25) is 4.90 Å². The van der Waals surface area contributed by atoms with E-state index >= 15 is 0 Å². The van der Waals surface area contributed by atoms with Crippen LogP contribution in [0.2, 0.25) is 0 Å². The van der Waals surface area contributed by atoms with Crippen molar-refractivity contribution in [3.05, 3.63) is 18.1 Å². The minimum atomic E-state index is -0.134. The Morgan fingerprint density at radius 1 is 1.24 bits per heavy atom. The standard InChI is InChI=1S/C16H24N4O/c21-13-7-12(8-13)14-9-15(19-11-18-14)17-10-16-3-1-5-20(16)6-2-4-16/h9,11-13,21H,1-8,10H2,(H,17,18,19). The first kappa shape index (κ1) is 13.5. The molecule has 1 aliphatic carbocycles. The number of nitrogens with zero attached hydrogens (tertiary/aromatic N) is 3. The van der Waals surface area contributed by atoms with E-state index in [0.29, 0.717) is 11.5 Å². The van der Waals surface area contributed by atoms with Crippen LogP contribution < -0.4 is 5.32 Å². The van der Waals surface area contributed by atoms with Gasteiger partial charge in [-0.1, -0.05) is 0 Å². The molecule has 114 valence electrons. The molecule has 2 saturated heterocycles. The number of rotatable bonds is 4. The Balaban J connectivity index is 1.42. The van der Waals surface area contributed by atoms with Crippen LogP contribution in [0.3, 0.4) is 0 Å². The van der Waals surface area contributed by atoms with Gasteiger partial charge in [0.1, 0.15) is 12.1 Å². The van der Waals surface area contributed by atoms with Gasteiger partial charge in [-0.2, -0.15) is 0 Å². The highest BCUT2D eigenvalue weighted by Crippen LogP contribution is 2.39. The Morgan fingerprint density at radius 3 is 2.71 bits per heavy atom. The average Bonchev–Trinajstić information content (AvgIpc) is 3.02. The number of aromatic nitrogens is 2. The normalized spacial score (nSPS) is 30.9. The molecule has 3 aliphatic rings. The predicted octanol–water partition coefficient (Wildman–Crippen LogP) is 1.76. The highest BCUT2D eigenvalue weighted by atomic mass is 16.3. The minimum Gasteiger partial charge on any atom is -0.393 e. The Bertz CT molecular complexity index is 505. The third kappa shape index (κ3) is 2.42. The molecule has 1 saturated carbocycles. The largest absolute Gasteiger partial charge is 0.393 e. The molecule has 0 spiro atoms. The molecule has 0 amide bonds. The summed E-state index contributed by atoms with van der Waals surface area (Å²) in [6.07, 6.45) is 8.49. The van der Waals surface area contributed by atoms with Crippen LogP contribution in [0.25, 0.3) is 0 Å². The molecule has 5 heteroatoms. The Hall–Kier alpha value is -1.20. The lowest BCUT2D eigenvalue weighted by molar-refractivity contribution is 0.0732. The van der Waals surface area contributed by atoms with Gasteiger partial charge < -0.3 is 10.4 Å². The monoisotopic (exact) mass is 288 g/mol. The van der Waals surface area contributed by atoms with Crippen LogP contribution in [0.5, 0.6) is 0 Å². The van der Waals surface area contributed by atoms with Gasteiger partial charge in [0.2, 0.25) is 0 Å². The SMILES string of the molecule is OC1CC(c2cc(NCC34CCCN3CCC4)ncn2)C1. The van der Waals surface area contributed by atoms with Crippen LogP contribution in [0.15, 0.2) is 12.4 Å². The van der Waals surface area contributed by atoms with Crippen molar-refractivity contribution >= 4 is 5.82 Å². The van der Waals surface area contributed by atoms with Crippen molar-refractivity contribution < 1.29 is 5.11 Å². The van der Waals surface area contributed by atoms with Crippen LogP contribution in [0.4, 0.5) is 5.82 Å². The maximum absolute atomic E-state index is 9.43. The first-order valence-electron chi connectivity index (χ1n) is 8.24. The lowest BCUT2D eigenvalue weighted by Crippen LogP contribution is -2.44. The van der Waals surface area contributed by atoms with Gasteiger partial charge in [0.25, 0.3) is 0 Å².